The fourth-order valence-corrected chi connectivity index (χ4v) is 2.71. The van der Waals surface area contributed by atoms with Crippen LogP contribution in [0.15, 0.2) is 41.5 Å². The van der Waals surface area contributed by atoms with Crippen molar-refractivity contribution in [3.8, 4) is 11.3 Å². The normalized spacial score (nSPS) is 14.9. The van der Waals surface area contributed by atoms with Gasteiger partial charge in [0.25, 0.3) is 5.56 Å². The van der Waals surface area contributed by atoms with Crippen LogP contribution >= 0.6 is 0 Å². The zero-order valence-corrected chi connectivity index (χ0v) is 12.2. The summed E-state index contributed by atoms with van der Waals surface area (Å²) < 4.78 is 1.20. The first-order valence-electron chi connectivity index (χ1n) is 7.50. The third kappa shape index (κ3) is 3.39. The summed E-state index contributed by atoms with van der Waals surface area (Å²) in [6, 6.07) is 6.98. The number of amides is 1. The number of hydrogen-bond acceptors (Lipinski definition) is 4. The molecule has 22 heavy (non-hydrogen) atoms. The second-order valence-corrected chi connectivity index (χ2v) is 5.51. The monoisotopic (exact) mass is 298 g/mol. The van der Waals surface area contributed by atoms with Crippen molar-refractivity contribution in [2.24, 2.45) is 0 Å². The lowest BCUT2D eigenvalue weighted by Crippen LogP contribution is -2.38. The number of aromatic nitrogens is 3. The van der Waals surface area contributed by atoms with Gasteiger partial charge in [0.1, 0.15) is 6.54 Å². The van der Waals surface area contributed by atoms with Crippen LogP contribution in [0.4, 0.5) is 0 Å². The zero-order valence-electron chi connectivity index (χ0n) is 12.2. The van der Waals surface area contributed by atoms with Crippen molar-refractivity contribution in [1.82, 2.24) is 20.1 Å². The number of carbonyl (C=O) groups excluding carboxylic acids is 1. The Balaban J connectivity index is 1.75. The van der Waals surface area contributed by atoms with Crippen LogP contribution in [0.25, 0.3) is 11.3 Å². The molecule has 0 saturated heterocycles. The zero-order chi connectivity index (χ0) is 15.4. The fourth-order valence-electron chi connectivity index (χ4n) is 2.71. The second-order valence-electron chi connectivity index (χ2n) is 5.51. The van der Waals surface area contributed by atoms with Crippen molar-refractivity contribution in [3.63, 3.8) is 0 Å². The largest absolute Gasteiger partial charge is 0.352 e. The van der Waals surface area contributed by atoms with Gasteiger partial charge in [0, 0.05) is 30.1 Å². The van der Waals surface area contributed by atoms with E-state index in [4.69, 9.17) is 0 Å². The van der Waals surface area contributed by atoms with Crippen molar-refractivity contribution >= 4 is 5.91 Å². The molecule has 2 aromatic heterocycles. The average Bonchev–Trinajstić information content (AvgIpc) is 3.03. The average molecular weight is 298 g/mol. The van der Waals surface area contributed by atoms with Crippen molar-refractivity contribution < 1.29 is 4.79 Å². The minimum atomic E-state index is -0.283. The molecule has 2 heterocycles. The quantitative estimate of drug-likeness (QED) is 0.924. The van der Waals surface area contributed by atoms with Gasteiger partial charge in [-0.1, -0.05) is 12.8 Å². The first-order chi connectivity index (χ1) is 10.7. The van der Waals surface area contributed by atoms with Gasteiger partial charge in [-0.2, -0.15) is 5.10 Å². The number of carbonyl (C=O) groups is 1. The lowest BCUT2D eigenvalue weighted by molar-refractivity contribution is -0.122. The lowest BCUT2D eigenvalue weighted by Gasteiger charge is -2.12. The summed E-state index contributed by atoms with van der Waals surface area (Å²) in [6.45, 7) is -0.0521. The molecule has 1 saturated carbocycles. The summed E-state index contributed by atoms with van der Waals surface area (Å²) in [4.78, 5) is 28.0. The van der Waals surface area contributed by atoms with E-state index in [1.165, 1.54) is 10.7 Å². The summed E-state index contributed by atoms with van der Waals surface area (Å²) >= 11 is 0. The Morgan fingerprint density at radius 2 is 2.09 bits per heavy atom. The topological polar surface area (TPSA) is 76.9 Å². The first-order valence-corrected chi connectivity index (χ1v) is 7.50. The van der Waals surface area contributed by atoms with Gasteiger partial charge in [0.05, 0.1) is 5.69 Å². The Kier molecular flexibility index (Phi) is 4.27. The number of rotatable bonds is 4. The predicted octanol–water partition coefficient (Wildman–Crippen LogP) is 1.36. The van der Waals surface area contributed by atoms with Gasteiger partial charge in [-0.15, -0.1) is 0 Å². The number of hydrogen-bond donors (Lipinski definition) is 1. The van der Waals surface area contributed by atoms with Crippen LogP contribution in [0, 0.1) is 0 Å². The molecule has 0 spiro atoms. The molecule has 114 valence electrons. The predicted molar refractivity (Wildman–Crippen MR) is 82.1 cm³/mol. The van der Waals surface area contributed by atoms with Crippen LogP contribution in [0.2, 0.25) is 0 Å². The Bertz CT molecular complexity index is 706. The van der Waals surface area contributed by atoms with Gasteiger partial charge in [-0.3, -0.25) is 14.6 Å². The van der Waals surface area contributed by atoms with E-state index in [1.54, 1.807) is 24.5 Å². The van der Waals surface area contributed by atoms with Crippen molar-refractivity contribution in [1.29, 1.82) is 0 Å². The maximum absolute atomic E-state index is 12.0. The highest BCUT2D eigenvalue weighted by Gasteiger charge is 2.17. The Morgan fingerprint density at radius 3 is 2.82 bits per heavy atom. The molecule has 1 fully saturated rings. The van der Waals surface area contributed by atoms with Gasteiger partial charge < -0.3 is 5.32 Å². The molecule has 1 aliphatic carbocycles. The van der Waals surface area contributed by atoms with E-state index in [2.05, 4.69) is 15.4 Å². The van der Waals surface area contributed by atoms with Crippen LogP contribution in [0.1, 0.15) is 25.7 Å². The minimum absolute atomic E-state index is 0.0521. The van der Waals surface area contributed by atoms with Crippen molar-refractivity contribution in [3.05, 3.63) is 47.0 Å². The minimum Gasteiger partial charge on any atom is -0.352 e. The van der Waals surface area contributed by atoms with Crippen LogP contribution in [0.3, 0.4) is 0 Å². The van der Waals surface area contributed by atoms with Crippen LogP contribution < -0.4 is 10.9 Å². The molecular formula is C16H18N4O2. The maximum atomic E-state index is 12.0. The van der Waals surface area contributed by atoms with E-state index >= 15 is 0 Å². The Hall–Kier alpha value is -2.50. The van der Waals surface area contributed by atoms with Gasteiger partial charge in [0.2, 0.25) is 5.91 Å². The third-order valence-electron chi connectivity index (χ3n) is 3.84. The number of pyridine rings is 1. The summed E-state index contributed by atoms with van der Waals surface area (Å²) in [7, 11) is 0. The van der Waals surface area contributed by atoms with E-state index in [0.29, 0.717) is 5.69 Å². The molecule has 0 aromatic carbocycles. The molecule has 0 aliphatic heterocycles. The number of nitrogens with zero attached hydrogens (tertiary/aromatic N) is 3. The highest BCUT2D eigenvalue weighted by Crippen LogP contribution is 2.17. The highest BCUT2D eigenvalue weighted by atomic mass is 16.2. The van der Waals surface area contributed by atoms with Gasteiger partial charge in [0.15, 0.2) is 0 Å². The molecule has 0 atom stereocenters. The van der Waals surface area contributed by atoms with E-state index in [1.807, 2.05) is 6.07 Å². The molecule has 0 bridgehead atoms. The molecule has 2 aromatic rings. The molecule has 6 heteroatoms. The van der Waals surface area contributed by atoms with Gasteiger partial charge in [-0.25, -0.2) is 4.68 Å². The fraction of sp³-hybridized carbons (Fsp3) is 0.375. The third-order valence-corrected chi connectivity index (χ3v) is 3.84. The molecule has 1 amide bonds. The molecule has 1 N–H and O–H groups in total. The summed E-state index contributed by atoms with van der Waals surface area (Å²) in [5.74, 6) is -0.162. The Labute approximate surface area is 128 Å². The lowest BCUT2D eigenvalue weighted by atomic mass is 10.2. The second kappa shape index (κ2) is 6.51. The van der Waals surface area contributed by atoms with E-state index < -0.39 is 0 Å². The maximum Gasteiger partial charge on any atom is 0.267 e. The number of nitrogens with one attached hydrogen (secondary N) is 1. The Morgan fingerprint density at radius 1 is 1.27 bits per heavy atom. The molecule has 1 aliphatic rings. The van der Waals surface area contributed by atoms with E-state index in [9.17, 15) is 9.59 Å². The summed E-state index contributed by atoms with van der Waals surface area (Å²) in [6.07, 6.45) is 7.69. The SMILES string of the molecule is O=C(Cn1nc(-c2cccnc2)ccc1=O)NC1CCCC1. The van der Waals surface area contributed by atoms with Gasteiger partial charge in [-0.05, 0) is 31.0 Å². The van der Waals surface area contributed by atoms with Crippen molar-refractivity contribution in [2.45, 2.75) is 38.3 Å². The summed E-state index contributed by atoms with van der Waals surface area (Å²) in [5, 5.41) is 7.22. The van der Waals surface area contributed by atoms with Crippen LogP contribution in [-0.2, 0) is 11.3 Å². The van der Waals surface area contributed by atoms with E-state index in [0.717, 1.165) is 31.2 Å². The smallest absolute Gasteiger partial charge is 0.267 e. The van der Waals surface area contributed by atoms with Gasteiger partial charge >= 0.3 is 0 Å². The van der Waals surface area contributed by atoms with E-state index in [-0.39, 0.29) is 24.1 Å². The van der Waals surface area contributed by atoms with Crippen LogP contribution in [0.5, 0.6) is 0 Å². The first kappa shape index (κ1) is 14.4. The molecule has 0 radical (unpaired) electrons. The highest BCUT2D eigenvalue weighted by molar-refractivity contribution is 5.76. The molecular weight excluding hydrogens is 280 g/mol. The molecule has 6 nitrogen and oxygen atoms in total. The summed E-state index contributed by atoms with van der Waals surface area (Å²) in [5.41, 5.74) is 1.16. The van der Waals surface area contributed by atoms with Crippen LogP contribution in [-0.4, -0.2) is 26.7 Å². The molecule has 3 rings (SSSR count). The molecule has 0 unspecified atom stereocenters. The van der Waals surface area contributed by atoms with Crippen molar-refractivity contribution in [2.75, 3.05) is 0 Å². The standard InChI is InChI=1S/C16H18N4O2/c21-15(18-13-5-1-2-6-13)11-20-16(22)8-7-14(19-20)12-4-3-9-17-10-12/h3-4,7-10,13H,1-2,5-6,11H2,(H,18,21).